The van der Waals surface area contributed by atoms with E-state index in [9.17, 15) is 9.59 Å². The highest BCUT2D eigenvalue weighted by Gasteiger charge is 2.39. The summed E-state index contributed by atoms with van der Waals surface area (Å²) in [6.07, 6.45) is 0. The normalized spacial score (nSPS) is 16.6. The molecule has 0 aliphatic carbocycles. The Morgan fingerprint density at radius 1 is 1.42 bits per heavy atom. The molecule has 5 nitrogen and oxygen atoms in total. The molecule has 0 saturated heterocycles. The van der Waals surface area contributed by atoms with Crippen LogP contribution in [0.1, 0.15) is 31.1 Å². The summed E-state index contributed by atoms with van der Waals surface area (Å²) in [6.45, 7) is 6.47. The molecule has 0 radical (unpaired) electrons. The molecule has 2 rings (SSSR count). The standard InChI is InChI=1S/C14H18N2O3/c1-5-16-11-7-6-9(12(17)19-4)8-10(11)15-13(18)14(16,2)3/h6-8H,5H2,1-4H3,(H,15,18). The van der Waals surface area contributed by atoms with E-state index in [1.807, 2.05) is 31.7 Å². The van der Waals surface area contributed by atoms with Crippen LogP contribution >= 0.6 is 0 Å². The van der Waals surface area contributed by atoms with E-state index in [4.69, 9.17) is 0 Å². The van der Waals surface area contributed by atoms with Gasteiger partial charge in [0.2, 0.25) is 5.91 Å². The Morgan fingerprint density at radius 2 is 2.11 bits per heavy atom. The number of anilines is 2. The number of methoxy groups -OCH3 is 1. The zero-order chi connectivity index (χ0) is 14.2. The van der Waals surface area contributed by atoms with Crippen LogP contribution in [0.3, 0.4) is 0 Å². The number of hydrogen-bond acceptors (Lipinski definition) is 4. The van der Waals surface area contributed by atoms with Crippen LogP contribution in [0.5, 0.6) is 0 Å². The van der Waals surface area contributed by atoms with Crippen molar-refractivity contribution in [2.24, 2.45) is 0 Å². The molecular formula is C14H18N2O3. The molecular weight excluding hydrogens is 244 g/mol. The number of hydrogen-bond donors (Lipinski definition) is 1. The summed E-state index contributed by atoms with van der Waals surface area (Å²) < 4.78 is 4.68. The highest BCUT2D eigenvalue weighted by atomic mass is 16.5. The van der Waals surface area contributed by atoms with E-state index in [2.05, 4.69) is 10.1 Å². The summed E-state index contributed by atoms with van der Waals surface area (Å²) in [7, 11) is 1.34. The first kappa shape index (κ1) is 13.4. The summed E-state index contributed by atoms with van der Waals surface area (Å²) in [4.78, 5) is 25.7. The van der Waals surface area contributed by atoms with Crippen LogP contribution in [-0.4, -0.2) is 31.1 Å². The summed E-state index contributed by atoms with van der Waals surface area (Å²) >= 11 is 0. The van der Waals surface area contributed by atoms with Crippen LogP contribution in [-0.2, 0) is 9.53 Å². The molecule has 0 aromatic heterocycles. The van der Waals surface area contributed by atoms with Crippen LogP contribution in [0.15, 0.2) is 18.2 Å². The van der Waals surface area contributed by atoms with Gasteiger partial charge in [-0.1, -0.05) is 0 Å². The molecule has 19 heavy (non-hydrogen) atoms. The van der Waals surface area contributed by atoms with Gasteiger partial charge in [0, 0.05) is 6.54 Å². The zero-order valence-corrected chi connectivity index (χ0v) is 11.6. The fourth-order valence-electron chi connectivity index (χ4n) is 2.38. The predicted molar refractivity (Wildman–Crippen MR) is 73.5 cm³/mol. The Bertz CT molecular complexity index is 537. The second-order valence-electron chi connectivity index (χ2n) is 4.98. The van der Waals surface area contributed by atoms with Gasteiger partial charge in [-0.2, -0.15) is 0 Å². The van der Waals surface area contributed by atoms with Gasteiger partial charge in [-0.15, -0.1) is 0 Å². The minimum absolute atomic E-state index is 0.0798. The van der Waals surface area contributed by atoms with E-state index in [-0.39, 0.29) is 5.91 Å². The number of rotatable bonds is 2. The number of nitrogens with one attached hydrogen (secondary N) is 1. The molecule has 0 saturated carbocycles. The summed E-state index contributed by atoms with van der Waals surface area (Å²) in [5.74, 6) is -0.492. The van der Waals surface area contributed by atoms with E-state index in [1.165, 1.54) is 7.11 Å². The molecule has 1 aliphatic heterocycles. The SMILES string of the molecule is CCN1c2ccc(C(=O)OC)cc2NC(=O)C1(C)C. The van der Waals surface area contributed by atoms with Gasteiger partial charge in [0.25, 0.3) is 0 Å². The van der Waals surface area contributed by atoms with Crippen molar-refractivity contribution in [3.8, 4) is 0 Å². The third-order valence-electron chi connectivity index (χ3n) is 3.50. The van der Waals surface area contributed by atoms with E-state index in [0.29, 0.717) is 17.8 Å². The van der Waals surface area contributed by atoms with Crippen molar-refractivity contribution < 1.29 is 14.3 Å². The molecule has 1 N–H and O–H groups in total. The molecule has 0 atom stereocenters. The summed E-state index contributed by atoms with van der Waals surface area (Å²) in [5, 5.41) is 2.85. The highest BCUT2D eigenvalue weighted by Crippen LogP contribution is 2.37. The van der Waals surface area contributed by atoms with Crippen molar-refractivity contribution in [2.45, 2.75) is 26.3 Å². The van der Waals surface area contributed by atoms with Crippen LogP contribution in [0, 0.1) is 0 Å². The number of likely N-dealkylation sites (N-methyl/N-ethyl adjacent to an activating group) is 1. The molecule has 1 aromatic carbocycles. The molecule has 0 fully saturated rings. The predicted octanol–water partition coefficient (Wildman–Crippen LogP) is 2.03. The first-order chi connectivity index (χ1) is 8.91. The number of amides is 1. The summed E-state index contributed by atoms with van der Waals surface area (Å²) in [5.41, 5.74) is 1.39. The van der Waals surface area contributed by atoms with Crippen molar-refractivity contribution in [1.29, 1.82) is 0 Å². The fourth-order valence-corrected chi connectivity index (χ4v) is 2.38. The fraction of sp³-hybridized carbons (Fsp3) is 0.429. The Kier molecular flexibility index (Phi) is 3.22. The maximum atomic E-state index is 12.1. The van der Waals surface area contributed by atoms with Crippen molar-refractivity contribution >= 4 is 23.3 Å². The molecule has 1 aliphatic rings. The number of esters is 1. The van der Waals surface area contributed by atoms with Gasteiger partial charge in [-0.05, 0) is 39.0 Å². The van der Waals surface area contributed by atoms with Crippen LogP contribution in [0.4, 0.5) is 11.4 Å². The van der Waals surface area contributed by atoms with Gasteiger partial charge in [0.1, 0.15) is 5.54 Å². The zero-order valence-electron chi connectivity index (χ0n) is 11.6. The van der Waals surface area contributed by atoms with Crippen LogP contribution in [0.25, 0.3) is 0 Å². The third-order valence-corrected chi connectivity index (χ3v) is 3.50. The first-order valence-electron chi connectivity index (χ1n) is 6.23. The Balaban J connectivity index is 2.50. The number of fused-ring (bicyclic) bond motifs is 1. The Labute approximate surface area is 112 Å². The first-order valence-corrected chi connectivity index (χ1v) is 6.23. The van der Waals surface area contributed by atoms with Gasteiger partial charge in [0.05, 0.1) is 24.0 Å². The molecule has 0 bridgehead atoms. The topological polar surface area (TPSA) is 58.6 Å². The molecule has 1 aromatic rings. The monoisotopic (exact) mass is 262 g/mol. The molecule has 0 spiro atoms. The number of carbonyl (C=O) groups is 2. The van der Waals surface area contributed by atoms with E-state index in [0.717, 1.165) is 5.69 Å². The minimum Gasteiger partial charge on any atom is -0.465 e. The van der Waals surface area contributed by atoms with E-state index >= 15 is 0 Å². The average Bonchev–Trinajstić information content (AvgIpc) is 2.38. The molecule has 5 heteroatoms. The van der Waals surface area contributed by atoms with E-state index < -0.39 is 11.5 Å². The Morgan fingerprint density at radius 3 is 2.68 bits per heavy atom. The van der Waals surface area contributed by atoms with Gasteiger partial charge in [-0.3, -0.25) is 4.79 Å². The second kappa shape index (κ2) is 4.57. The summed E-state index contributed by atoms with van der Waals surface area (Å²) in [6, 6.07) is 5.20. The van der Waals surface area contributed by atoms with Crippen molar-refractivity contribution in [3.63, 3.8) is 0 Å². The van der Waals surface area contributed by atoms with Crippen LogP contribution < -0.4 is 10.2 Å². The van der Waals surface area contributed by atoms with E-state index in [1.54, 1.807) is 12.1 Å². The molecule has 102 valence electrons. The second-order valence-corrected chi connectivity index (χ2v) is 4.98. The third kappa shape index (κ3) is 2.05. The van der Waals surface area contributed by atoms with Gasteiger partial charge < -0.3 is 15.0 Å². The Hall–Kier alpha value is -2.04. The lowest BCUT2D eigenvalue weighted by atomic mass is 9.96. The number of ether oxygens (including phenoxy) is 1. The van der Waals surface area contributed by atoms with Gasteiger partial charge >= 0.3 is 5.97 Å². The molecule has 1 amide bonds. The van der Waals surface area contributed by atoms with Crippen LogP contribution in [0.2, 0.25) is 0 Å². The minimum atomic E-state index is -0.603. The number of benzene rings is 1. The maximum absolute atomic E-state index is 12.1. The molecule has 1 heterocycles. The van der Waals surface area contributed by atoms with Gasteiger partial charge in [0.15, 0.2) is 0 Å². The van der Waals surface area contributed by atoms with Crippen molar-refractivity contribution in [3.05, 3.63) is 23.8 Å². The van der Waals surface area contributed by atoms with Gasteiger partial charge in [-0.25, -0.2) is 4.79 Å². The molecule has 0 unspecified atom stereocenters. The smallest absolute Gasteiger partial charge is 0.337 e. The number of nitrogens with zero attached hydrogens (tertiary/aromatic N) is 1. The average molecular weight is 262 g/mol. The quantitative estimate of drug-likeness (QED) is 0.828. The maximum Gasteiger partial charge on any atom is 0.337 e. The number of carbonyl (C=O) groups excluding carboxylic acids is 2. The lowest BCUT2D eigenvalue weighted by Crippen LogP contribution is -2.56. The lowest BCUT2D eigenvalue weighted by molar-refractivity contribution is -0.120. The highest BCUT2D eigenvalue weighted by molar-refractivity contribution is 6.07. The largest absolute Gasteiger partial charge is 0.465 e. The van der Waals surface area contributed by atoms with Crippen molar-refractivity contribution in [1.82, 2.24) is 0 Å². The van der Waals surface area contributed by atoms with Crippen molar-refractivity contribution in [2.75, 3.05) is 23.9 Å². The lowest BCUT2D eigenvalue weighted by Gasteiger charge is -2.43.